The molecule has 7 heavy (non-hydrogen) atoms. The molecule has 49 valence electrons. The van der Waals surface area contributed by atoms with E-state index in [0.29, 0.717) is 0 Å². The van der Waals surface area contributed by atoms with Gasteiger partial charge in [-0.2, -0.15) is 0 Å². The van der Waals surface area contributed by atoms with Crippen molar-refractivity contribution in [3.05, 3.63) is 0 Å². The molecule has 0 aliphatic heterocycles. The van der Waals surface area contributed by atoms with E-state index < -0.39 is 0 Å². The Balaban J connectivity index is -0.00000000333. The lowest BCUT2D eigenvalue weighted by Crippen LogP contribution is -1.75. The molecule has 0 atom stereocenters. The predicted octanol–water partition coefficient (Wildman–Crippen LogP) is -0.885. The van der Waals surface area contributed by atoms with E-state index >= 15 is 0 Å². The zero-order valence-electron chi connectivity index (χ0n) is 3.10. The highest BCUT2D eigenvalue weighted by Gasteiger charge is 1.51. The summed E-state index contributed by atoms with van der Waals surface area (Å²) in [5, 5.41) is 14.0. The molecule has 0 saturated carbocycles. The molecule has 0 unspecified atom stereocenters. The maximum atomic E-state index is 7.00. The smallest absolute Gasteiger partial charge is 0.429 e. The Morgan fingerprint density at radius 2 is 0.714 bits per heavy atom. The summed E-state index contributed by atoms with van der Waals surface area (Å²) in [6.45, 7) is 0. The third-order valence-electron chi connectivity index (χ3n) is 0. The Morgan fingerprint density at radius 1 is 0.714 bits per heavy atom. The summed E-state index contributed by atoms with van der Waals surface area (Å²) >= 11 is 0. The van der Waals surface area contributed by atoms with E-state index in [1.165, 1.54) is 0 Å². The van der Waals surface area contributed by atoms with Gasteiger partial charge in [0.25, 0.3) is 0 Å². The molecular weight excluding hydrogens is 119 g/mol. The molecule has 0 heterocycles. The number of rotatable bonds is 0. The Bertz CT molecular complexity index is 9.65. The lowest BCUT2D eigenvalue weighted by molar-refractivity contribution is 0.448. The Morgan fingerprint density at radius 3 is 0.714 bits per heavy atom. The molecule has 2 nitrogen and oxygen atoms in total. The van der Waals surface area contributed by atoms with E-state index in [0.717, 1.165) is 0 Å². The molecule has 0 aliphatic carbocycles. The molecule has 1 radical (unpaired) electrons. The maximum absolute atomic E-state index is 7.00. The van der Waals surface area contributed by atoms with Gasteiger partial charge in [-0.05, 0) is 0 Å². The molecule has 2 N–H and O–H groups in total. The van der Waals surface area contributed by atoms with Crippen LogP contribution >= 0.6 is 0 Å². The van der Waals surface area contributed by atoms with Gasteiger partial charge in [0, 0.05) is 0 Å². The first-order valence-corrected chi connectivity index (χ1v) is 0.516. The van der Waals surface area contributed by atoms with E-state index in [2.05, 4.69) is 0 Å². The number of hydrogen-bond donors (Lipinski definition) is 2. The van der Waals surface area contributed by atoms with Gasteiger partial charge in [-0.1, -0.05) is 0 Å². The fourth-order valence-electron chi connectivity index (χ4n) is 0. The highest BCUT2D eigenvalue weighted by molar-refractivity contribution is 6.13. The molecule has 0 aliphatic rings. The van der Waals surface area contributed by atoms with Gasteiger partial charge in [0.15, 0.2) is 0 Å². The highest BCUT2D eigenvalue weighted by Crippen LogP contribution is 1.08. The molecule has 7 heteroatoms. The molecule has 0 aromatic rings. The summed E-state index contributed by atoms with van der Waals surface area (Å²) < 4.78 is 0. The molecule has 0 fully saturated rings. The summed E-state index contributed by atoms with van der Waals surface area (Å²) in [5.74, 6) is 0. The lowest BCUT2D eigenvalue weighted by Gasteiger charge is -1.46. The summed E-state index contributed by atoms with van der Waals surface area (Å²) in [6, 6.07) is 0. The van der Waals surface area contributed by atoms with Crippen LogP contribution in [0.4, 0.5) is 18.8 Å². The van der Waals surface area contributed by atoms with Crippen molar-refractivity contribution in [3.63, 3.8) is 0 Å². The highest BCUT2D eigenvalue weighted by atomic mass is 19.0. The van der Waals surface area contributed by atoms with Crippen molar-refractivity contribution in [2.24, 2.45) is 0 Å². The van der Waals surface area contributed by atoms with Crippen LogP contribution in [0.2, 0.25) is 0 Å². The topological polar surface area (TPSA) is 40.5 Å². The van der Waals surface area contributed by atoms with Crippen molar-refractivity contribution in [1.82, 2.24) is 0 Å². The molecule has 0 amide bonds. The fourth-order valence-corrected chi connectivity index (χ4v) is 0. The van der Waals surface area contributed by atoms with Crippen LogP contribution in [0, 0.1) is 0 Å². The van der Waals surface area contributed by atoms with E-state index in [1.54, 1.807) is 0 Å². The van der Waals surface area contributed by atoms with Gasteiger partial charge in [-0.3, -0.25) is 18.8 Å². The zero-order chi connectivity index (χ0) is 2.71. The third-order valence-corrected chi connectivity index (χ3v) is 0. The van der Waals surface area contributed by atoms with Gasteiger partial charge in [-0.15, -0.1) is 0 Å². The van der Waals surface area contributed by atoms with Gasteiger partial charge in [0.2, 0.25) is 0 Å². The quantitative estimate of drug-likeness (QED) is 0.325. The van der Waals surface area contributed by atoms with Gasteiger partial charge in [0.1, 0.15) is 0 Å². The second-order valence-corrected chi connectivity index (χ2v) is 0.115. The summed E-state index contributed by atoms with van der Waals surface area (Å²) in [6.07, 6.45) is 0. The molecule has 0 aromatic carbocycles. The number of hydrogen-bond acceptors (Lipinski definition) is 2. The van der Waals surface area contributed by atoms with Crippen molar-refractivity contribution >= 4 is 7.69 Å². The first-order valence-electron chi connectivity index (χ1n) is 0.516. The maximum Gasteiger partial charge on any atom is 0.482 e. The van der Waals surface area contributed by atoms with Crippen LogP contribution in [-0.2, 0) is 0 Å². The molecule has 0 saturated heterocycles. The van der Waals surface area contributed by atoms with Gasteiger partial charge in [-0.25, -0.2) is 0 Å². The second-order valence-electron chi connectivity index (χ2n) is 0.115. The van der Waals surface area contributed by atoms with Crippen LogP contribution in [0.25, 0.3) is 0 Å². The Labute approximate surface area is 37.9 Å². The van der Waals surface area contributed by atoms with E-state index in [-0.39, 0.29) is 26.5 Å². The number of halogens is 4. The van der Waals surface area contributed by atoms with Gasteiger partial charge in [0.05, 0.1) is 0 Å². The van der Waals surface area contributed by atoms with Crippen molar-refractivity contribution in [3.8, 4) is 0 Å². The normalized spacial score (nSPS) is 2.00. The van der Waals surface area contributed by atoms with Crippen LogP contribution < -0.4 is 0 Å². The Hall–Kier alpha value is -0.295. The van der Waals surface area contributed by atoms with Crippen LogP contribution in [0.3, 0.4) is 0 Å². The van der Waals surface area contributed by atoms with E-state index in [9.17, 15) is 0 Å². The zero-order valence-corrected chi connectivity index (χ0v) is 3.10. The summed E-state index contributed by atoms with van der Waals surface area (Å²) in [5.41, 5.74) is 0. The van der Waals surface area contributed by atoms with Crippen LogP contribution in [0.1, 0.15) is 0 Å². The SMILES string of the molecule is F.F.F.F.O[B]O. The minimum atomic E-state index is 0. The second kappa shape index (κ2) is 254. The lowest BCUT2D eigenvalue weighted by atomic mass is 10.5. The molecule has 0 bridgehead atoms. The van der Waals surface area contributed by atoms with Gasteiger partial charge < -0.3 is 10.0 Å². The van der Waals surface area contributed by atoms with Crippen LogP contribution in [0.15, 0.2) is 0 Å². The van der Waals surface area contributed by atoms with Gasteiger partial charge >= 0.3 is 7.69 Å². The minimum absolute atomic E-state index is 0. The van der Waals surface area contributed by atoms with E-state index in [4.69, 9.17) is 10.0 Å². The molecule has 0 aromatic heterocycles. The minimum Gasteiger partial charge on any atom is -0.429 e. The predicted molar refractivity (Wildman–Crippen MR) is 20.2 cm³/mol. The standard InChI is InChI=1S/BH2O2.4FH/c2-1-3;;;;/h2-3H;4*1H. The fraction of sp³-hybridized carbons (Fsp3) is 0. The van der Waals surface area contributed by atoms with Crippen LogP contribution in [-0.4, -0.2) is 17.7 Å². The molecular formula is H6BF4O2. The van der Waals surface area contributed by atoms with Crippen molar-refractivity contribution in [2.45, 2.75) is 0 Å². The summed E-state index contributed by atoms with van der Waals surface area (Å²) in [4.78, 5) is 0. The average Bonchev–Trinajstić information content (AvgIpc) is 0.918. The van der Waals surface area contributed by atoms with Crippen molar-refractivity contribution in [1.29, 1.82) is 0 Å². The van der Waals surface area contributed by atoms with Crippen molar-refractivity contribution in [2.75, 3.05) is 0 Å². The molecule has 0 spiro atoms. The summed E-state index contributed by atoms with van der Waals surface area (Å²) in [7, 11) is 0. The van der Waals surface area contributed by atoms with Crippen LogP contribution in [0.5, 0.6) is 0 Å². The first kappa shape index (κ1) is 75.1. The first-order chi connectivity index (χ1) is 1.41. The Kier molecular flexibility index (Phi) is 2730. The average molecular weight is 125 g/mol. The van der Waals surface area contributed by atoms with Crippen molar-refractivity contribution < 1.29 is 28.9 Å². The third kappa shape index (κ3) is 899. The monoisotopic (exact) mass is 125 g/mol. The largest absolute Gasteiger partial charge is 0.482 e. The van der Waals surface area contributed by atoms with E-state index in [1.807, 2.05) is 0 Å². The molecule has 0 rings (SSSR count).